The van der Waals surface area contributed by atoms with Crippen LogP contribution in [-0.4, -0.2) is 50.2 Å². The van der Waals surface area contributed by atoms with Gasteiger partial charge in [-0.25, -0.2) is 14.4 Å². The molecule has 0 amide bonds. The first kappa shape index (κ1) is 23.0. The number of ether oxygens (including phenoxy) is 4. The van der Waals surface area contributed by atoms with E-state index < -0.39 is 17.9 Å². The Morgan fingerprint density at radius 3 is 1.09 bits per heavy atom. The number of rotatable bonds is 0. The van der Waals surface area contributed by atoms with Crippen LogP contribution < -0.4 is 0 Å². The maximum Gasteiger partial charge on any atom is 0.338 e. The van der Waals surface area contributed by atoms with Crippen LogP contribution >= 0.6 is 0 Å². The van der Waals surface area contributed by atoms with Gasteiger partial charge in [-0.05, 0) is 74.2 Å². The van der Waals surface area contributed by atoms with Gasteiger partial charge < -0.3 is 18.9 Å². The van der Waals surface area contributed by atoms with Crippen LogP contribution in [0.25, 0.3) is 0 Å². The van der Waals surface area contributed by atoms with Gasteiger partial charge in [0, 0.05) is 5.56 Å². The van der Waals surface area contributed by atoms with Crippen molar-refractivity contribution in [2.75, 3.05) is 26.4 Å². The van der Waals surface area contributed by atoms with Crippen LogP contribution in [0.5, 0.6) is 0 Å². The van der Waals surface area contributed by atoms with Crippen molar-refractivity contribution in [2.45, 2.75) is 25.7 Å². The zero-order valence-corrected chi connectivity index (χ0v) is 17.6. The fourth-order valence-corrected chi connectivity index (χ4v) is 2.91. The molecule has 0 saturated carbocycles. The van der Waals surface area contributed by atoms with Crippen molar-refractivity contribution in [3.05, 3.63) is 70.8 Å². The molecule has 32 heavy (non-hydrogen) atoms. The first-order valence-electron chi connectivity index (χ1n) is 10.5. The summed E-state index contributed by atoms with van der Waals surface area (Å²) in [5.41, 5.74) is 1.62. The van der Waals surface area contributed by atoms with E-state index in [-0.39, 0.29) is 25.7 Å². The maximum atomic E-state index is 12.1. The Morgan fingerprint density at radius 2 is 0.750 bits per heavy atom. The molecule has 0 fully saturated rings. The third kappa shape index (κ3) is 6.66. The third-order valence-electron chi connectivity index (χ3n) is 4.76. The van der Waals surface area contributed by atoms with Crippen LogP contribution in [-0.2, 0) is 18.9 Å². The average molecular weight is 439 g/mol. The van der Waals surface area contributed by atoms with Crippen LogP contribution in [0.2, 0.25) is 0 Å². The minimum Gasteiger partial charge on any atom is -0.478 e. The largest absolute Gasteiger partial charge is 0.478 e. The molecule has 2 aromatic rings. The van der Waals surface area contributed by atoms with Gasteiger partial charge >= 0.3 is 17.9 Å². The fraction of sp³-hybridized carbons (Fsp3) is 0.333. The van der Waals surface area contributed by atoms with Crippen LogP contribution in [0.3, 0.4) is 0 Å². The number of hydrogen-bond donors (Lipinski definition) is 1. The SMILES string of the molecule is N=C1OCCCCOC(=O)c2ccc(cc2)C(=O)OCCCCOC(=O)c2ccc1cc2. The summed E-state index contributed by atoms with van der Waals surface area (Å²) >= 11 is 0. The zero-order valence-electron chi connectivity index (χ0n) is 17.6. The Kier molecular flexibility index (Phi) is 8.36. The van der Waals surface area contributed by atoms with Gasteiger partial charge in [0.2, 0.25) is 5.90 Å². The quantitative estimate of drug-likeness (QED) is 0.491. The maximum absolute atomic E-state index is 12.1. The van der Waals surface area contributed by atoms with Gasteiger partial charge in [0.25, 0.3) is 0 Å². The monoisotopic (exact) mass is 439 g/mol. The molecular formula is C24H25NO7. The molecule has 0 unspecified atom stereocenters. The fourth-order valence-electron chi connectivity index (χ4n) is 2.91. The van der Waals surface area contributed by atoms with E-state index in [9.17, 15) is 14.4 Å². The van der Waals surface area contributed by atoms with Crippen molar-refractivity contribution in [1.29, 1.82) is 5.41 Å². The molecule has 0 aromatic heterocycles. The molecule has 4 bridgehead atoms. The lowest BCUT2D eigenvalue weighted by Gasteiger charge is -2.10. The van der Waals surface area contributed by atoms with E-state index in [2.05, 4.69) is 0 Å². The Morgan fingerprint density at radius 1 is 0.469 bits per heavy atom. The first-order chi connectivity index (χ1) is 15.5. The molecule has 8 heteroatoms. The highest BCUT2D eigenvalue weighted by molar-refractivity contribution is 5.94. The lowest BCUT2D eigenvalue weighted by atomic mass is 10.1. The van der Waals surface area contributed by atoms with Gasteiger partial charge in [0.15, 0.2) is 0 Å². The standard InChI is InChI=1S/C24H25NO7/c25-21-17-5-7-18(8-6-17)22(26)31-15-3-4-16-32-24(28)20-11-9-19(10-12-20)23(27)30-14-2-1-13-29-21/h5-12,25H,1-4,13-16H2. The van der Waals surface area contributed by atoms with Gasteiger partial charge in [0.05, 0.1) is 43.1 Å². The Hall–Kier alpha value is -3.68. The van der Waals surface area contributed by atoms with Crippen LogP contribution in [0, 0.1) is 5.41 Å². The summed E-state index contributed by atoms with van der Waals surface area (Å²) in [6.45, 7) is 0.915. The summed E-state index contributed by atoms with van der Waals surface area (Å²) in [6, 6.07) is 12.5. The Labute approximate surface area is 185 Å². The topological polar surface area (TPSA) is 112 Å². The van der Waals surface area contributed by atoms with Crippen molar-refractivity contribution < 1.29 is 33.3 Å². The lowest BCUT2D eigenvalue weighted by molar-refractivity contribution is 0.0432. The highest BCUT2D eigenvalue weighted by Gasteiger charge is 2.12. The predicted molar refractivity (Wildman–Crippen MR) is 115 cm³/mol. The molecule has 0 saturated heterocycles. The van der Waals surface area contributed by atoms with Crippen molar-refractivity contribution in [1.82, 2.24) is 0 Å². The first-order valence-corrected chi connectivity index (χ1v) is 10.5. The zero-order chi connectivity index (χ0) is 22.8. The Bertz CT molecular complexity index is 794. The van der Waals surface area contributed by atoms with Crippen molar-refractivity contribution in [3.8, 4) is 0 Å². The second-order valence-corrected chi connectivity index (χ2v) is 7.15. The molecule has 0 radical (unpaired) electrons. The summed E-state index contributed by atoms with van der Waals surface area (Å²) in [7, 11) is 0. The molecule has 4 aliphatic rings. The minimum absolute atomic E-state index is 0.00556. The molecule has 4 heterocycles. The van der Waals surface area contributed by atoms with Gasteiger partial charge in [-0.15, -0.1) is 0 Å². The number of hydrogen-bond acceptors (Lipinski definition) is 8. The summed E-state index contributed by atoms with van der Waals surface area (Å²) in [6.07, 6.45) is 2.26. The molecule has 4 aliphatic heterocycles. The third-order valence-corrected chi connectivity index (χ3v) is 4.76. The number of benzene rings is 2. The number of esters is 3. The minimum atomic E-state index is -0.484. The summed E-state index contributed by atoms with van der Waals surface area (Å²) in [5, 5.41) is 8.00. The predicted octanol–water partition coefficient (Wildman–Crippen LogP) is 3.77. The molecule has 1 N–H and O–H groups in total. The van der Waals surface area contributed by atoms with Crippen molar-refractivity contribution >= 4 is 23.8 Å². The normalized spacial score (nSPS) is 17.0. The number of carbonyl (C=O) groups excluding carboxylic acids is 3. The number of carbonyl (C=O) groups is 3. The summed E-state index contributed by atoms with van der Waals surface area (Å²) in [5.74, 6) is -1.40. The second-order valence-electron chi connectivity index (χ2n) is 7.15. The highest BCUT2D eigenvalue weighted by Crippen LogP contribution is 2.11. The number of nitrogens with one attached hydrogen (secondary N) is 1. The van der Waals surface area contributed by atoms with E-state index in [1.807, 2.05) is 0 Å². The van der Waals surface area contributed by atoms with Crippen LogP contribution in [0.4, 0.5) is 0 Å². The molecular weight excluding hydrogens is 414 g/mol. The molecule has 2 aromatic carbocycles. The van der Waals surface area contributed by atoms with E-state index in [4.69, 9.17) is 24.4 Å². The van der Waals surface area contributed by atoms with Gasteiger partial charge in [-0.1, -0.05) is 0 Å². The molecule has 0 aliphatic carbocycles. The molecule has 168 valence electrons. The molecule has 8 nitrogen and oxygen atoms in total. The Balaban J connectivity index is 1.61. The molecule has 6 rings (SSSR count). The smallest absolute Gasteiger partial charge is 0.338 e. The molecule has 0 spiro atoms. The van der Waals surface area contributed by atoms with E-state index in [1.165, 1.54) is 24.3 Å². The second kappa shape index (κ2) is 11.6. The van der Waals surface area contributed by atoms with E-state index in [0.29, 0.717) is 54.5 Å². The van der Waals surface area contributed by atoms with Crippen molar-refractivity contribution in [2.24, 2.45) is 0 Å². The van der Waals surface area contributed by atoms with Gasteiger partial charge in [-0.3, -0.25) is 5.41 Å². The van der Waals surface area contributed by atoms with E-state index >= 15 is 0 Å². The molecule has 0 atom stereocenters. The lowest BCUT2D eigenvalue weighted by Crippen LogP contribution is -2.12. The van der Waals surface area contributed by atoms with E-state index in [0.717, 1.165) is 0 Å². The summed E-state index contributed by atoms with van der Waals surface area (Å²) < 4.78 is 21.1. The van der Waals surface area contributed by atoms with Crippen molar-refractivity contribution in [3.63, 3.8) is 0 Å². The average Bonchev–Trinajstić information content (AvgIpc) is 2.82. The van der Waals surface area contributed by atoms with Crippen LogP contribution in [0.1, 0.15) is 62.3 Å². The van der Waals surface area contributed by atoms with Gasteiger partial charge in [0.1, 0.15) is 0 Å². The summed E-state index contributed by atoms with van der Waals surface area (Å²) in [4.78, 5) is 36.3. The van der Waals surface area contributed by atoms with Crippen LogP contribution in [0.15, 0.2) is 48.5 Å². The highest BCUT2D eigenvalue weighted by atomic mass is 16.5. The van der Waals surface area contributed by atoms with E-state index in [1.54, 1.807) is 24.3 Å². The van der Waals surface area contributed by atoms with Gasteiger partial charge in [-0.2, -0.15) is 0 Å².